The highest BCUT2D eigenvalue weighted by molar-refractivity contribution is 7.25. The van der Waals surface area contributed by atoms with Crippen LogP contribution >= 0.6 is 22.7 Å². The van der Waals surface area contributed by atoms with Crippen LogP contribution in [0.1, 0.15) is 41.5 Å². The Labute approximate surface area is 223 Å². The van der Waals surface area contributed by atoms with Crippen molar-refractivity contribution in [3.05, 3.63) is 60.7 Å². The summed E-state index contributed by atoms with van der Waals surface area (Å²) in [5.41, 5.74) is 1.98. The Morgan fingerprint density at radius 1 is 0.500 bits per heavy atom. The van der Waals surface area contributed by atoms with Gasteiger partial charge >= 0.3 is 0 Å². The number of rotatable bonds is 9. The minimum Gasteiger partial charge on any atom is -0.496 e. The van der Waals surface area contributed by atoms with Gasteiger partial charge in [0, 0.05) is 19.5 Å². The fourth-order valence-corrected chi connectivity index (χ4v) is 5.97. The van der Waals surface area contributed by atoms with Gasteiger partial charge in [-0.2, -0.15) is 0 Å². The summed E-state index contributed by atoms with van der Waals surface area (Å²) < 4.78 is 23.5. The van der Waals surface area contributed by atoms with Crippen LogP contribution in [-0.2, 0) is 0 Å². The van der Waals surface area contributed by atoms with Gasteiger partial charge in [-0.1, -0.05) is 26.0 Å². The lowest BCUT2D eigenvalue weighted by atomic mass is 10.1. The Kier molecular flexibility index (Phi) is 9.85. The molecule has 0 aliphatic rings. The normalized spacial score (nSPS) is 10.7. The summed E-state index contributed by atoms with van der Waals surface area (Å²) in [7, 11) is 3.39. The monoisotopic (exact) mass is 524 g/mol. The number of methoxy groups -OCH3 is 2. The topological polar surface area (TPSA) is 36.9 Å². The number of thiophene rings is 2. The van der Waals surface area contributed by atoms with Crippen LogP contribution in [0.5, 0.6) is 23.0 Å². The molecule has 0 unspecified atom stereocenters. The minimum atomic E-state index is 0.0771. The molecule has 4 aromatic rings. The van der Waals surface area contributed by atoms with Crippen LogP contribution in [0.2, 0.25) is 0 Å². The summed E-state index contributed by atoms with van der Waals surface area (Å²) in [5, 5.41) is 0. The molecule has 0 bridgehead atoms. The Hall–Kier alpha value is -2.96. The van der Waals surface area contributed by atoms with Gasteiger partial charge in [0.25, 0.3) is 0 Å². The van der Waals surface area contributed by atoms with Gasteiger partial charge in [-0.15, -0.1) is 22.7 Å². The van der Waals surface area contributed by atoms with E-state index in [0.717, 1.165) is 43.9 Å². The maximum absolute atomic E-state index is 6.09. The average Bonchev–Trinajstić information content (AvgIpc) is 3.54. The van der Waals surface area contributed by atoms with E-state index in [-0.39, 0.29) is 12.2 Å². The number of benzene rings is 2. The van der Waals surface area contributed by atoms with Crippen LogP contribution in [-0.4, -0.2) is 26.4 Å². The number of ether oxygens (including phenoxy) is 4. The highest BCUT2D eigenvalue weighted by Gasteiger charge is 2.19. The fraction of sp³-hybridized carbons (Fsp3) is 0.333. The van der Waals surface area contributed by atoms with E-state index in [9.17, 15) is 0 Å². The van der Waals surface area contributed by atoms with E-state index in [1.165, 1.54) is 9.75 Å². The molecule has 2 aromatic heterocycles. The fourth-order valence-electron chi connectivity index (χ4n) is 3.76. The third kappa shape index (κ3) is 6.23. The van der Waals surface area contributed by atoms with Crippen LogP contribution in [0.3, 0.4) is 0 Å². The zero-order chi connectivity index (χ0) is 26.2. The van der Waals surface area contributed by atoms with Crippen molar-refractivity contribution < 1.29 is 18.9 Å². The van der Waals surface area contributed by atoms with E-state index in [1.807, 2.05) is 77.9 Å². The maximum Gasteiger partial charge on any atom is 0.132 e. The first-order valence-corrected chi connectivity index (χ1v) is 13.9. The molecule has 2 aromatic carbocycles. The molecule has 0 amide bonds. The molecule has 0 aliphatic heterocycles. The van der Waals surface area contributed by atoms with Crippen molar-refractivity contribution in [3.8, 4) is 53.6 Å². The average molecular weight is 525 g/mol. The van der Waals surface area contributed by atoms with Crippen molar-refractivity contribution in [2.24, 2.45) is 0 Å². The summed E-state index contributed by atoms with van der Waals surface area (Å²) in [4.78, 5) is 4.60. The third-order valence-corrected chi connectivity index (χ3v) is 7.49. The second kappa shape index (κ2) is 12.8. The van der Waals surface area contributed by atoms with Crippen LogP contribution in [0.25, 0.3) is 30.6 Å². The summed E-state index contributed by atoms with van der Waals surface area (Å²) in [6.45, 7) is 12.1. The molecule has 4 nitrogen and oxygen atoms in total. The highest BCUT2D eigenvalue weighted by Crippen LogP contribution is 2.48. The van der Waals surface area contributed by atoms with E-state index in [4.69, 9.17) is 18.9 Å². The van der Waals surface area contributed by atoms with Crippen molar-refractivity contribution in [2.75, 3.05) is 14.2 Å². The van der Waals surface area contributed by atoms with Crippen LogP contribution in [0, 0.1) is 0 Å². The number of hydrogen-bond acceptors (Lipinski definition) is 6. The van der Waals surface area contributed by atoms with Gasteiger partial charge in [0.1, 0.15) is 23.0 Å². The molecule has 4 rings (SSSR count). The lowest BCUT2D eigenvalue weighted by molar-refractivity contribution is 0.242. The molecule has 0 saturated heterocycles. The van der Waals surface area contributed by atoms with Gasteiger partial charge in [0.05, 0.1) is 37.6 Å². The number of hydrogen-bond donors (Lipinski definition) is 0. The van der Waals surface area contributed by atoms with E-state index in [0.29, 0.717) is 0 Å². The minimum absolute atomic E-state index is 0.0771. The Bertz CT molecular complexity index is 1160. The van der Waals surface area contributed by atoms with E-state index < -0.39 is 0 Å². The summed E-state index contributed by atoms with van der Waals surface area (Å²) >= 11 is 3.46. The predicted molar refractivity (Wildman–Crippen MR) is 154 cm³/mol. The molecule has 0 spiro atoms. The Balaban J connectivity index is 0.00000176. The van der Waals surface area contributed by atoms with Gasteiger partial charge < -0.3 is 18.9 Å². The molecule has 0 N–H and O–H groups in total. The van der Waals surface area contributed by atoms with Gasteiger partial charge in [-0.05, 0) is 76.2 Å². The van der Waals surface area contributed by atoms with E-state index in [1.54, 1.807) is 36.9 Å². The Morgan fingerprint density at radius 3 is 1.17 bits per heavy atom. The molecule has 0 atom stereocenters. The standard InChI is InChI=1S/C28H30O4S2.C2H6/c1-17(2)31-21-11-7-9-19(29-5)27(21)25-15-13-23(33-25)24-14-16-26(34-24)28-20(30-6)10-8-12-22(28)32-18(3)4;1-2/h7-18H,1-6H3;1-2H3. The van der Waals surface area contributed by atoms with Crippen molar-refractivity contribution in [1.82, 2.24) is 0 Å². The molecule has 192 valence electrons. The molecule has 0 saturated carbocycles. The van der Waals surface area contributed by atoms with Crippen LogP contribution < -0.4 is 18.9 Å². The zero-order valence-electron chi connectivity index (χ0n) is 22.4. The molecule has 0 radical (unpaired) electrons. The van der Waals surface area contributed by atoms with Crippen molar-refractivity contribution in [3.63, 3.8) is 0 Å². The lowest BCUT2D eigenvalue weighted by Crippen LogP contribution is -2.06. The first-order chi connectivity index (χ1) is 17.4. The molecule has 6 heteroatoms. The summed E-state index contributed by atoms with van der Waals surface area (Å²) in [6, 6.07) is 20.5. The molecule has 0 fully saturated rings. The SMILES string of the molecule is CC.COc1cccc(OC(C)C)c1-c1ccc(-c2ccc(-c3c(OC)cccc3OC(C)C)s2)s1. The quantitative estimate of drug-likeness (QED) is 0.218. The summed E-state index contributed by atoms with van der Waals surface area (Å²) in [5.74, 6) is 3.28. The van der Waals surface area contributed by atoms with Crippen molar-refractivity contribution in [1.29, 1.82) is 0 Å². The molecule has 0 aliphatic carbocycles. The Morgan fingerprint density at radius 2 is 0.833 bits per heavy atom. The molecule has 2 heterocycles. The molecular formula is C30H36O4S2. The predicted octanol–water partition coefficient (Wildman–Crippen LogP) is 9.43. The van der Waals surface area contributed by atoms with E-state index >= 15 is 0 Å². The van der Waals surface area contributed by atoms with Crippen molar-refractivity contribution in [2.45, 2.75) is 53.8 Å². The third-order valence-electron chi connectivity index (χ3n) is 5.09. The largest absolute Gasteiger partial charge is 0.496 e. The second-order valence-corrected chi connectivity index (χ2v) is 10.5. The maximum atomic E-state index is 6.09. The van der Waals surface area contributed by atoms with Crippen LogP contribution in [0.4, 0.5) is 0 Å². The molecule has 36 heavy (non-hydrogen) atoms. The second-order valence-electron chi connectivity index (χ2n) is 8.33. The van der Waals surface area contributed by atoms with Crippen LogP contribution in [0.15, 0.2) is 60.7 Å². The lowest BCUT2D eigenvalue weighted by Gasteiger charge is -2.16. The van der Waals surface area contributed by atoms with Gasteiger partial charge in [-0.25, -0.2) is 0 Å². The summed E-state index contributed by atoms with van der Waals surface area (Å²) in [6.07, 6.45) is 0.154. The molecular weight excluding hydrogens is 488 g/mol. The highest BCUT2D eigenvalue weighted by atomic mass is 32.1. The van der Waals surface area contributed by atoms with Gasteiger partial charge in [-0.3, -0.25) is 0 Å². The van der Waals surface area contributed by atoms with E-state index in [2.05, 4.69) is 24.3 Å². The van der Waals surface area contributed by atoms with Crippen molar-refractivity contribution >= 4 is 22.7 Å². The zero-order valence-corrected chi connectivity index (χ0v) is 24.0. The smallest absolute Gasteiger partial charge is 0.132 e. The van der Waals surface area contributed by atoms with Gasteiger partial charge in [0.15, 0.2) is 0 Å². The first-order valence-electron chi connectivity index (χ1n) is 12.3. The first kappa shape index (κ1) is 27.6. The van der Waals surface area contributed by atoms with Gasteiger partial charge in [0.2, 0.25) is 0 Å².